The van der Waals surface area contributed by atoms with Crippen LogP contribution in [-0.4, -0.2) is 35.6 Å². The maximum absolute atomic E-state index is 12.6. The summed E-state index contributed by atoms with van der Waals surface area (Å²) in [5, 5.41) is 6.76. The van der Waals surface area contributed by atoms with Crippen molar-refractivity contribution < 1.29 is 26.8 Å². The van der Waals surface area contributed by atoms with Crippen LogP contribution in [0.1, 0.15) is 37.0 Å². The lowest BCUT2D eigenvalue weighted by Gasteiger charge is -2.19. The maximum atomic E-state index is 12.6. The first-order valence-corrected chi connectivity index (χ1v) is 6.28. The molecular weight excluding hydrogens is 282 g/mol. The molecule has 2 rings (SSSR count). The standard InChI is InChI=1S/C11H15F4N3O2/c12-10(13)11(14,15)6-19-5-8-17-9(20-18-8)7-3-1-2-4-16-7/h7,10,16H,1-6H2/t7-/m1/s1. The maximum Gasteiger partial charge on any atom is 0.330 e. The second-order valence-electron chi connectivity index (χ2n) is 4.61. The predicted octanol–water partition coefficient (Wildman–Crippen LogP) is 2.30. The van der Waals surface area contributed by atoms with Crippen LogP contribution < -0.4 is 5.32 Å². The van der Waals surface area contributed by atoms with Crippen molar-refractivity contribution >= 4 is 0 Å². The summed E-state index contributed by atoms with van der Waals surface area (Å²) < 4.78 is 58.5. The van der Waals surface area contributed by atoms with Gasteiger partial charge in [0.05, 0.1) is 6.04 Å². The summed E-state index contributed by atoms with van der Waals surface area (Å²) in [6.45, 7) is -0.922. The van der Waals surface area contributed by atoms with Crippen molar-refractivity contribution in [1.29, 1.82) is 0 Å². The normalized spacial score (nSPS) is 20.6. The van der Waals surface area contributed by atoms with Crippen molar-refractivity contribution in [3.8, 4) is 0 Å². The predicted molar refractivity (Wildman–Crippen MR) is 59.5 cm³/mol. The Balaban J connectivity index is 1.81. The van der Waals surface area contributed by atoms with Gasteiger partial charge in [-0.05, 0) is 19.4 Å². The second kappa shape index (κ2) is 6.49. The van der Waals surface area contributed by atoms with E-state index in [0.29, 0.717) is 5.89 Å². The zero-order valence-electron chi connectivity index (χ0n) is 10.6. The molecule has 1 aliphatic heterocycles. The van der Waals surface area contributed by atoms with Gasteiger partial charge in [0.25, 0.3) is 0 Å². The molecule has 0 amide bonds. The van der Waals surface area contributed by atoms with Crippen LogP contribution in [0.5, 0.6) is 0 Å². The van der Waals surface area contributed by atoms with Crippen LogP contribution >= 0.6 is 0 Å². The average molecular weight is 297 g/mol. The topological polar surface area (TPSA) is 60.2 Å². The van der Waals surface area contributed by atoms with E-state index in [2.05, 4.69) is 20.2 Å². The van der Waals surface area contributed by atoms with Crippen LogP contribution in [-0.2, 0) is 11.3 Å². The Kier molecular flexibility index (Phi) is 4.92. The summed E-state index contributed by atoms with van der Waals surface area (Å²) in [4.78, 5) is 4.00. The smallest absolute Gasteiger partial charge is 0.330 e. The zero-order chi connectivity index (χ0) is 14.6. The monoisotopic (exact) mass is 297 g/mol. The Bertz CT molecular complexity index is 422. The highest BCUT2D eigenvalue weighted by Crippen LogP contribution is 2.24. The largest absolute Gasteiger partial charge is 0.367 e. The van der Waals surface area contributed by atoms with Gasteiger partial charge >= 0.3 is 12.3 Å². The molecule has 0 spiro atoms. The lowest BCUT2D eigenvalue weighted by atomic mass is 10.1. The molecule has 0 unspecified atom stereocenters. The molecule has 114 valence electrons. The summed E-state index contributed by atoms with van der Waals surface area (Å²) in [7, 11) is 0. The lowest BCUT2D eigenvalue weighted by Crippen LogP contribution is -2.32. The molecule has 1 aliphatic rings. The molecule has 1 fully saturated rings. The third-order valence-corrected chi connectivity index (χ3v) is 2.94. The van der Waals surface area contributed by atoms with Gasteiger partial charge in [-0.2, -0.15) is 13.8 Å². The molecule has 9 heteroatoms. The fourth-order valence-corrected chi connectivity index (χ4v) is 1.87. The van der Waals surface area contributed by atoms with E-state index < -0.39 is 25.6 Å². The Morgan fingerprint density at radius 3 is 2.85 bits per heavy atom. The summed E-state index contributed by atoms with van der Waals surface area (Å²) in [6.07, 6.45) is -0.795. The molecule has 0 bridgehead atoms. The van der Waals surface area contributed by atoms with E-state index >= 15 is 0 Å². The fourth-order valence-electron chi connectivity index (χ4n) is 1.87. The second-order valence-corrected chi connectivity index (χ2v) is 4.61. The van der Waals surface area contributed by atoms with Crippen molar-refractivity contribution in [3.63, 3.8) is 0 Å². The Labute approximate surface area is 112 Å². The third-order valence-electron chi connectivity index (χ3n) is 2.94. The molecule has 0 aromatic carbocycles. The number of nitrogens with zero attached hydrogens (tertiary/aromatic N) is 2. The molecule has 1 atom stereocenters. The van der Waals surface area contributed by atoms with Gasteiger partial charge in [-0.3, -0.25) is 0 Å². The Morgan fingerprint density at radius 2 is 2.20 bits per heavy atom. The quantitative estimate of drug-likeness (QED) is 0.816. The lowest BCUT2D eigenvalue weighted by molar-refractivity contribution is -0.168. The van der Waals surface area contributed by atoms with Gasteiger partial charge in [0.2, 0.25) is 5.89 Å². The molecule has 5 nitrogen and oxygen atoms in total. The van der Waals surface area contributed by atoms with Crippen LogP contribution in [0.2, 0.25) is 0 Å². The first-order valence-electron chi connectivity index (χ1n) is 6.28. The Morgan fingerprint density at radius 1 is 1.40 bits per heavy atom. The van der Waals surface area contributed by atoms with E-state index in [1.165, 1.54) is 0 Å². The van der Waals surface area contributed by atoms with Crippen molar-refractivity contribution in [3.05, 3.63) is 11.7 Å². The van der Waals surface area contributed by atoms with E-state index in [-0.39, 0.29) is 11.9 Å². The number of rotatable bonds is 6. The molecule has 0 saturated carbocycles. The first kappa shape index (κ1) is 15.2. The number of hydrogen-bond acceptors (Lipinski definition) is 5. The molecule has 1 aromatic rings. The number of alkyl halides is 4. The number of hydrogen-bond donors (Lipinski definition) is 1. The summed E-state index contributed by atoms with van der Waals surface area (Å²) in [5.41, 5.74) is 0. The van der Waals surface area contributed by atoms with Crippen molar-refractivity contribution in [2.75, 3.05) is 13.2 Å². The SMILES string of the molecule is FC(F)C(F)(F)COCc1noc([C@H]2CCCCN2)n1. The van der Waals surface area contributed by atoms with E-state index in [0.717, 1.165) is 25.8 Å². The molecule has 1 aromatic heterocycles. The highest BCUT2D eigenvalue weighted by Gasteiger charge is 2.41. The van der Waals surface area contributed by atoms with E-state index in [9.17, 15) is 17.6 Å². The number of piperidine rings is 1. The fraction of sp³-hybridized carbons (Fsp3) is 0.818. The third kappa shape index (κ3) is 3.89. The summed E-state index contributed by atoms with van der Waals surface area (Å²) in [5.74, 6) is -3.74. The van der Waals surface area contributed by atoms with Gasteiger partial charge in [-0.25, -0.2) is 8.78 Å². The highest BCUT2D eigenvalue weighted by molar-refractivity contribution is 4.93. The zero-order valence-corrected chi connectivity index (χ0v) is 10.6. The van der Waals surface area contributed by atoms with Gasteiger partial charge in [0, 0.05) is 0 Å². The van der Waals surface area contributed by atoms with Crippen LogP contribution in [0.25, 0.3) is 0 Å². The number of ether oxygens (including phenoxy) is 1. The van der Waals surface area contributed by atoms with Gasteiger partial charge < -0.3 is 14.6 Å². The van der Waals surface area contributed by atoms with Gasteiger partial charge in [-0.15, -0.1) is 0 Å². The molecule has 2 heterocycles. The van der Waals surface area contributed by atoms with Gasteiger partial charge in [-0.1, -0.05) is 11.6 Å². The first-order chi connectivity index (χ1) is 9.49. The molecule has 0 radical (unpaired) electrons. The van der Waals surface area contributed by atoms with E-state index in [1.54, 1.807) is 0 Å². The number of halogens is 4. The number of nitrogens with one attached hydrogen (secondary N) is 1. The Hall–Kier alpha value is -1.22. The minimum atomic E-state index is -4.17. The minimum Gasteiger partial charge on any atom is -0.367 e. The van der Waals surface area contributed by atoms with Crippen LogP contribution in [0.3, 0.4) is 0 Å². The van der Waals surface area contributed by atoms with Crippen molar-refractivity contribution in [1.82, 2.24) is 15.5 Å². The van der Waals surface area contributed by atoms with Crippen LogP contribution in [0, 0.1) is 0 Å². The molecule has 1 saturated heterocycles. The van der Waals surface area contributed by atoms with Crippen LogP contribution in [0.4, 0.5) is 17.6 Å². The van der Waals surface area contributed by atoms with Crippen molar-refractivity contribution in [2.45, 2.75) is 44.3 Å². The molecule has 0 aliphatic carbocycles. The van der Waals surface area contributed by atoms with Gasteiger partial charge in [0.1, 0.15) is 13.2 Å². The number of aromatic nitrogens is 2. The van der Waals surface area contributed by atoms with E-state index in [1.807, 2.05) is 0 Å². The van der Waals surface area contributed by atoms with Crippen LogP contribution in [0.15, 0.2) is 4.52 Å². The minimum absolute atomic E-state index is 0.0486. The summed E-state index contributed by atoms with van der Waals surface area (Å²) in [6, 6.07) is -0.0486. The van der Waals surface area contributed by atoms with E-state index in [4.69, 9.17) is 4.52 Å². The average Bonchev–Trinajstić information content (AvgIpc) is 2.88. The molecule has 1 N–H and O–H groups in total. The van der Waals surface area contributed by atoms with Crippen molar-refractivity contribution in [2.24, 2.45) is 0 Å². The highest BCUT2D eigenvalue weighted by atomic mass is 19.3. The van der Waals surface area contributed by atoms with Gasteiger partial charge in [0.15, 0.2) is 5.82 Å². The summed E-state index contributed by atoms with van der Waals surface area (Å²) >= 11 is 0. The molecule has 20 heavy (non-hydrogen) atoms. The molecular formula is C11H15F4N3O2.